The molecule has 0 aromatic heterocycles. The molecule has 0 heterocycles. The Hall–Kier alpha value is -1.35. The maximum atomic E-state index is 12.3. The molecule has 1 aromatic rings. The zero-order chi connectivity index (χ0) is 13.0. The zero-order valence-electron chi connectivity index (χ0n) is 10.9. The van der Waals surface area contributed by atoms with Gasteiger partial charge in [0.2, 0.25) is 5.91 Å². The van der Waals surface area contributed by atoms with Gasteiger partial charge in [0.15, 0.2) is 0 Å². The molecule has 2 fully saturated rings. The highest BCUT2D eigenvalue weighted by Gasteiger charge is 2.56. The van der Waals surface area contributed by atoms with E-state index in [4.69, 9.17) is 0 Å². The van der Waals surface area contributed by atoms with Gasteiger partial charge < -0.3 is 10.4 Å². The summed E-state index contributed by atoms with van der Waals surface area (Å²) in [6, 6.07) is 7.81. The Kier molecular flexibility index (Phi) is 2.46. The van der Waals surface area contributed by atoms with E-state index in [-0.39, 0.29) is 17.9 Å². The number of benzene rings is 1. The molecule has 3 nitrogen and oxygen atoms in total. The summed E-state index contributed by atoms with van der Waals surface area (Å²) in [5.74, 6) is 1.66. The van der Waals surface area contributed by atoms with Crippen molar-refractivity contribution < 1.29 is 9.90 Å². The smallest absolute Gasteiger partial charge is 0.224 e. The van der Waals surface area contributed by atoms with Crippen molar-refractivity contribution >= 4 is 5.91 Å². The molecule has 2 N–H and O–H groups in total. The van der Waals surface area contributed by atoms with Crippen molar-refractivity contribution in [3.05, 3.63) is 35.4 Å². The van der Waals surface area contributed by atoms with Crippen LogP contribution in [0.15, 0.2) is 24.3 Å². The molecule has 0 spiro atoms. The summed E-state index contributed by atoms with van der Waals surface area (Å²) >= 11 is 0. The summed E-state index contributed by atoms with van der Waals surface area (Å²) < 4.78 is 0. The molecule has 1 aromatic carbocycles. The highest BCUT2D eigenvalue weighted by atomic mass is 16.3. The normalized spacial score (nSPS) is 38.7. The Labute approximate surface area is 113 Å². The second-order valence-corrected chi connectivity index (χ2v) is 6.24. The standard InChI is InChI=1S/C16H19NO2/c18-13-8-9-4-1-2-5-10(9)15(13)17-16(19)14-11-6-3-7-12(11)14/h1-2,4-5,11-15,18H,3,6-8H2,(H,17,19)/t11?,12?,13-,14?,15+/m0/s1. The minimum absolute atomic E-state index is 0.162. The van der Waals surface area contributed by atoms with Crippen LogP contribution in [-0.2, 0) is 11.2 Å². The Bertz CT molecular complexity index is 517. The molecule has 4 atom stereocenters. The van der Waals surface area contributed by atoms with Gasteiger partial charge in [0, 0.05) is 12.3 Å². The Balaban J connectivity index is 1.50. The SMILES string of the molecule is O=C(N[C@@H]1c2ccccc2C[C@@H]1O)C1C2CCCC21. The van der Waals surface area contributed by atoms with E-state index in [1.165, 1.54) is 19.3 Å². The van der Waals surface area contributed by atoms with Gasteiger partial charge in [-0.05, 0) is 35.8 Å². The molecular formula is C16H19NO2. The van der Waals surface area contributed by atoms with Crippen LogP contribution < -0.4 is 5.32 Å². The number of hydrogen-bond acceptors (Lipinski definition) is 2. The molecular weight excluding hydrogens is 238 g/mol. The number of hydrogen-bond donors (Lipinski definition) is 2. The number of rotatable bonds is 2. The lowest BCUT2D eigenvalue weighted by Gasteiger charge is -2.18. The molecule has 0 aliphatic heterocycles. The monoisotopic (exact) mass is 257 g/mol. The van der Waals surface area contributed by atoms with Crippen LogP contribution in [-0.4, -0.2) is 17.1 Å². The van der Waals surface area contributed by atoms with Gasteiger partial charge in [-0.3, -0.25) is 4.79 Å². The van der Waals surface area contributed by atoms with Crippen molar-refractivity contribution in [2.45, 2.75) is 37.8 Å². The average Bonchev–Trinajstić information content (AvgIpc) is 2.76. The summed E-state index contributed by atoms with van der Waals surface area (Å²) in [4.78, 5) is 12.3. The van der Waals surface area contributed by atoms with Crippen molar-refractivity contribution in [1.82, 2.24) is 5.32 Å². The predicted molar refractivity (Wildman–Crippen MR) is 71.4 cm³/mol. The third-order valence-corrected chi connectivity index (χ3v) is 5.21. The zero-order valence-corrected chi connectivity index (χ0v) is 10.9. The van der Waals surface area contributed by atoms with Crippen LogP contribution in [0.3, 0.4) is 0 Å². The molecule has 19 heavy (non-hydrogen) atoms. The van der Waals surface area contributed by atoms with E-state index in [1.807, 2.05) is 24.3 Å². The topological polar surface area (TPSA) is 49.3 Å². The molecule has 4 rings (SSSR count). The van der Waals surface area contributed by atoms with Crippen LogP contribution >= 0.6 is 0 Å². The van der Waals surface area contributed by atoms with Crippen LogP contribution in [0.4, 0.5) is 0 Å². The Morgan fingerprint density at radius 3 is 2.74 bits per heavy atom. The van der Waals surface area contributed by atoms with Gasteiger partial charge in [0.1, 0.15) is 0 Å². The summed E-state index contributed by atoms with van der Waals surface area (Å²) in [5, 5.41) is 13.2. The fourth-order valence-corrected chi connectivity index (χ4v) is 4.21. The molecule has 2 unspecified atom stereocenters. The number of fused-ring (bicyclic) bond motifs is 2. The quantitative estimate of drug-likeness (QED) is 0.849. The first-order chi connectivity index (χ1) is 9.25. The minimum atomic E-state index is -0.472. The maximum absolute atomic E-state index is 12.3. The first kappa shape index (κ1) is 11.5. The molecule has 100 valence electrons. The van der Waals surface area contributed by atoms with Crippen molar-refractivity contribution in [2.24, 2.45) is 17.8 Å². The van der Waals surface area contributed by atoms with Crippen LogP contribution in [0, 0.1) is 17.8 Å². The number of aliphatic hydroxyl groups is 1. The lowest BCUT2D eigenvalue weighted by Crippen LogP contribution is -2.35. The molecule has 3 aliphatic rings. The number of nitrogens with one attached hydrogen (secondary N) is 1. The molecule has 1 amide bonds. The van der Waals surface area contributed by atoms with Crippen LogP contribution in [0.5, 0.6) is 0 Å². The number of amides is 1. The summed E-state index contributed by atoms with van der Waals surface area (Å²) in [6.07, 6.45) is 3.89. The van der Waals surface area contributed by atoms with Crippen LogP contribution in [0.1, 0.15) is 36.4 Å². The fourth-order valence-electron chi connectivity index (χ4n) is 4.21. The maximum Gasteiger partial charge on any atom is 0.224 e. The van der Waals surface area contributed by atoms with Crippen molar-refractivity contribution in [3.63, 3.8) is 0 Å². The fraction of sp³-hybridized carbons (Fsp3) is 0.562. The van der Waals surface area contributed by atoms with Gasteiger partial charge in [0.05, 0.1) is 12.1 Å². The van der Waals surface area contributed by atoms with Gasteiger partial charge in [0.25, 0.3) is 0 Å². The second-order valence-electron chi connectivity index (χ2n) is 6.24. The molecule has 3 aliphatic carbocycles. The van der Waals surface area contributed by atoms with Crippen molar-refractivity contribution in [3.8, 4) is 0 Å². The summed E-state index contributed by atoms with van der Waals surface area (Å²) in [5.41, 5.74) is 2.26. The van der Waals surface area contributed by atoms with Crippen molar-refractivity contribution in [2.75, 3.05) is 0 Å². The predicted octanol–water partition coefficient (Wildman–Crippen LogP) is 1.81. The van der Waals surface area contributed by atoms with E-state index in [9.17, 15) is 9.90 Å². The van der Waals surface area contributed by atoms with E-state index in [2.05, 4.69) is 5.32 Å². The van der Waals surface area contributed by atoms with E-state index in [0.29, 0.717) is 18.3 Å². The molecule has 0 radical (unpaired) electrons. The van der Waals surface area contributed by atoms with Gasteiger partial charge in [-0.25, -0.2) is 0 Å². The summed E-state index contributed by atoms with van der Waals surface area (Å²) in [6.45, 7) is 0. The van der Waals surface area contributed by atoms with Gasteiger partial charge in [-0.2, -0.15) is 0 Å². The first-order valence-corrected chi connectivity index (χ1v) is 7.32. The van der Waals surface area contributed by atoms with E-state index in [0.717, 1.165) is 11.1 Å². The molecule has 2 saturated carbocycles. The number of carbonyl (C=O) groups is 1. The third-order valence-electron chi connectivity index (χ3n) is 5.21. The summed E-state index contributed by atoms with van der Waals surface area (Å²) in [7, 11) is 0. The second kappa shape index (κ2) is 4.07. The van der Waals surface area contributed by atoms with Crippen molar-refractivity contribution in [1.29, 1.82) is 0 Å². The Morgan fingerprint density at radius 1 is 1.21 bits per heavy atom. The largest absolute Gasteiger partial charge is 0.390 e. The number of carbonyl (C=O) groups excluding carboxylic acids is 1. The van der Waals surface area contributed by atoms with Gasteiger partial charge >= 0.3 is 0 Å². The van der Waals surface area contributed by atoms with E-state index in [1.54, 1.807) is 0 Å². The Morgan fingerprint density at radius 2 is 1.95 bits per heavy atom. The van der Waals surface area contributed by atoms with Crippen LogP contribution in [0.2, 0.25) is 0 Å². The van der Waals surface area contributed by atoms with E-state index < -0.39 is 6.10 Å². The average molecular weight is 257 g/mol. The molecule has 0 saturated heterocycles. The molecule has 3 heteroatoms. The van der Waals surface area contributed by atoms with Crippen LogP contribution in [0.25, 0.3) is 0 Å². The van der Waals surface area contributed by atoms with Gasteiger partial charge in [-0.15, -0.1) is 0 Å². The molecule has 0 bridgehead atoms. The lowest BCUT2D eigenvalue weighted by atomic mass is 10.1. The highest BCUT2D eigenvalue weighted by molar-refractivity contribution is 5.83. The lowest BCUT2D eigenvalue weighted by molar-refractivity contribution is -0.124. The first-order valence-electron chi connectivity index (χ1n) is 7.32. The van der Waals surface area contributed by atoms with Gasteiger partial charge in [-0.1, -0.05) is 30.7 Å². The number of aliphatic hydroxyl groups excluding tert-OH is 1. The van der Waals surface area contributed by atoms with E-state index >= 15 is 0 Å². The highest BCUT2D eigenvalue weighted by Crippen LogP contribution is 2.57. The third kappa shape index (κ3) is 1.71. The minimum Gasteiger partial charge on any atom is -0.390 e.